The maximum absolute atomic E-state index is 11.7. The Morgan fingerprint density at radius 2 is 2.15 bits per heavy atom. The van der Waals surface area contributed by atoms with Gasteiger partial charge in [0.15, 0.2) is 5.69 Å². The van der Waals surface area contributed by atoms with E-state index >= 15 is 0 Å². The quantitative estimate of drug-likeness (QED) is 0.546. The van der Waals surface area contributed by atoms with E-state index < -0.39 is 23.6 Å². The van der Waals surface area contributed by atoms with Crippen LogP contribution in [0.25, 0.3) is 0 Å². The Labute approximate surface area is 83.4 Å². The van der Waals surface area contributed by atoms with Gasteiger partial charge in [-0.2, -0.15) is 13.2 Å². The van der Waals surface area contributed by atoms with E-state index in [1.807, 2.05) is 0 Å². The molecule has 0 aromatic carbocycles. The molecule has 0 fully saturated rings. The van der Waals surface area contributed by atoms with Crippen LogP contribution < -0.4 is 18.9 Å². The standard InChI is InChI=1S/C5H2F3NO3.Li.H/c6-5(7,8)3-1-2(4(10)11)12-9-3;;/h1H,(H,10,11);;/q;+1;-1. The smallest absolute Gasteiger partial charge is 1.00 e. The summed E-state index contributed by atoms with van der Waals surface area (Å²) in [6, 6.07) is 0.322. The van der Waals surface area contributed by atoms with Crippen LogP contribution in [0.3, 0.4) is 0 Å². The fourth-order valence-electron chi connectivity index (χ4n) is 0.510. The largest absolute Gasteiger partial charge is 1.00 e. The van der Waals surface area contributed by atoms with Crippen LogP contribution in [-0.4, -0.2) is 16.2 Å². The summed E-state index contributed by atoms with van der Waals surface area (Å²) >= 11 is 0. The zero-order chi connectivity index (χ0) is 9.35. The molecule has 0 bridgehead atoms. The Bertz CT molecular complexity index is 313. The van der Waals surface area contributed by atoms with Gasteiger partial charge in [-0.1, -0.05) is 5.16 Å². The molecule has 4 nitrogen and oxygen atoms in total. The molecule has 0 unspecified atom stereocenters. The molecule has 1 aromatic heterocycles. The van der Waals surface area contributed by atoms with Crippen molar-refractivity contribution in [2.45, 2.75) is 6.18 Å². The maximum atomic E-state index is 11.7. The summed E-state index contributed by atoms with van der Waals surface area (Å²) in [5, 5.41) is 10.7. The van der Waals surface area contributed by atoms with Gasteiger partial charge in [-0.15, -0.1) is 0 Å². The van der Waals surface area contributed by atoms with Crippen molar-refractivity contribution in [1.29, 1.82) is 0 Å². The van der Waals surface area contributed by atoms with Gasteiger partial charge < -0.3 is 11.1 Å². The minimum absolute atomic E-state index is 0. The van der Waals surface area contributed by atoms with Crippen LogP contribution in [0.1, 0.15) is 17.7 Å². The van der Waals surface area contributed by atoms with Gasteiger partial charge in [0.2, 0.25) is 5.76 Å². The van der Waals surface area contributed by atoms with E-state index in [-0.39, 0.29) is 20.3 Å². The number of aromatic carboxylic acids is 1. The van der Waals surface area contributed by atoms with E-state index in [0.29, 0.717) is 6.07 Å². The minimum Gasteiger partial charge on any atom is -1.00 e. The second kappa shape index (κ2) is 3.85. The molecular weight excluding hydrogens is 186 g/mol. The van der Waals surface area contributed by atoms with Crippen molar-refractivity contribution in [3.63, 3.8) is 0 Å². The van der Waals surface area contributed by atoms with Crippen molar-refractivity contribution in [3.05, 3.63) is 17.5 Å². The monoisotopic (exact) mass is 189 g/mol. The molecule has 0 atom stereocenters. The molecule has 1 N–H and O–H groups in total. The zero-order valence-electron chi connectivity index (χ0n) is 7.42. The molecule has 0 aliphatic rings. The van der Waals surface area contributed by atoms with Crippen molar-refractivity contribution in [2.75, 3.05) is 0 Å². The number of halogens is 3. The third-order valence-electron chi connectivity index (χ3n) is 1.01. The molecule has 0 amide bonds. The number of alkyl halides is 3. The number of nitrogens with zero attached hydrogens (tertiary/aromatic N) is 1. The second-order valence-electron chi connectivity index (χ2n) is 1.88. The third kappa shape index (κ3) is 2.79. The Morgan fingerprint density at radius 1 is 1.62 bits per heavy atom. The average molecular weight is 189 g/mol. The van der Waals surface area contributed by atoms with E-state index in [1.165, 1.54) is 0 Å². The van der Waals surface area contributed by atoms with Crippen molar-refractivity contribution >= 4 is 5.97 Å². The number of aromatic nitrogens is 1. The van der Waals surface area contributed by atoms with Crippen LogP contribution >= 0.6 is 0 Å². The van der Waals surface area contributed by atoms with E-state index in [2.05, 4.69) is 9.68 Å². The number of hydrogen-bond acceptors (Lipinski definition) is 3. The normalized spacial score (nSPS) is 10.7. The van der Waals surface area contributed by atoms with Gasteiger partial charge >= 0.3 is 31.0 Å². The van der Waals surface area contributed by atoms with E-state index in [9.17, 15) is 18.0 Å². The summed E-state index contributed by atoms with van der Waals surface area (Å²) in [6.07, 6.45) is -4.67. The summed E-state index contributed by atoms with van der Waals surface area (Å²) in [5.74, 6) is -2.42. The van der Waals surface area contributed by atoms with Gasteiger partial charge in [-0.3, -0.25) is 0 Å². The number of hydrogen-bond donors (Lipinski definition) is 1. The van der Waals surface area contributed by atoms with Gasteiger partial charge in [0.05, 0.1) is 0 Å². The van der Waals surface area contributed by atoms with Crippen LogP contribution in [0.4, 0.5) is 13.2 Å². The van der Waals surface area contributed by atoms with Crippen molar-refractivity contribution in [3.8, 4) is 0 Å². The first-order chi connectivity index (χ1) is 5.41. The molecule has 0 radical (unpaired) electrons. The maximum Gasteiger partial charge on any atom is 1.00 e. The predicted octanol–water partition coefficient (Wildman–Crippen LogP) is -1.49. The molecule has 0 aliphatic carbocycles. The van der Waals surface area contributed by atoms with Crippen molar-refractivity contribution < 1.29 is 47.9 Å². The summed E-state index contributed by atoms with van der Waals surface area (Å²) in [6.45, 7) is 0. The van der Waals surface area contributed by atoms with Crippen LogP contribution in [-0.2, 0) is 6.18 Å². The molecule has 0 saturated carbocycles. The molecule has 0 aliphatic heterocycles. The molecular formula is C5H3F3LiNO3. The first-order valence-electron chi connectivity index (χ1n) is 2.68. The predicted molar refractivity (Wildman–Crippen MR) is 29.6 cm³/mol. The van der Waals surface area contributed by atoms with Gasteiger partial charge in [0, 0.05) is 6.07 Å². The Kier molecular flexibility index (Phi) is 3.57. The zero-order valence-corrected chi connectivity index (χ0v) is 6.42. The Hall–Kier alpha value is -0.933. The summed E-state index contributed by atoms with van der Waals surface area (Å²) in [4.78, 5) is 10.0. The molecule has 13 heavy (non-hydrogen) atoms. The molecule has 0 saturated heterocycles. The molecule has 68 valence electrons. The van der Waals surface area contributed by atoms with Gasteiger partial charge in [0.25, 0.3) is 0 Å². The molecule has 0 spiro atoms. The average Bonchev–Trinajstić information content (AvgIpc) is 2.30. The minimum atomic E-state index is -4.67. The SMILES string of the molecule is O=C(O)c1cc(C(F)(F)F)no1.[H-].[Li+]. The Morgan fingerprint density at radius 3 is 2.38 bits per heavy atom. The van der Waals surface area contributed by atoms with Crippen molar-refractivity contribution in [1.82, 2.24) is 5.16 Å². The number of carbonyl (C=O) groups is 1. The third-order valence-corrected chi connectivity index (χ3v) is 1.01. The van der Waals surface area contributed by atoms with Crippen LogP contribution in [0.2, 0.25) is 0 Å². The summed E-state index contributed by atoms with van der Waals surface area (Å²) in [5.41, 5.74) is -1.35. The summed E-state index contributed by atoms with van der Waals surface area (Å²) in [7, 11) is 0. The number of carboxylic acid groups (broad SMARTS) is 1. The fraction of sp³-hybridized carbons (Fsp3) is 0.200. The second-order valence-corrected chi connectivity index (χ2v) is 1.88. The Balaban J connectivity index is 0. The first kappa shape index (κ1) is 12.1. The molecule has 1 rings (SSSR count). The van der Waals surface area contributed by atoms with Gasteiger partial charge in [-0.25, -0.2) is 4.79 Å². The van der Waals surface area contributed by atoms with Gasteiger partial charge in [0.1, 0.15) is 0 Å². The summed E-state index contributed by atoms with van der Waals surface area (Å²) < 4.78 is 39.1. The molecule has 1 aromatic rings. The van der Waals surface area contributed by atoms with Crippen LogP contribution in [0.15, 0.2) is 10.6 Å². The molecule has 1 heterocycles. The number of carboxylic acids is 1. The van der Waals surface area contributed by atoms with E-state index in [1.54, 1.807) is 0 Å². The van der Waals surface area contributed by atoms with E-state index in [4.69, 9.17) is 5.11 Å². The topological polar surface area (TPSA) is 63.3 Å². The van der Waals surface area contributed by atoms with E-state index in [0.717, 1.165) is 0 Å². The van der Waals surface area contributed by atoms with Gasteiger partial charge in [-0.05, 0) is 0 Å². The number of rotatable bonds is 1. The fourth-order valence-corrected chi connectivity index (χ4v) is 0.510. The van der Waals surface area contributed by atoms with Crippen LogP contribution in [0, 0.1) is 0 Å². The first-order valence-corrected chi connectivity index (χ1v) is 2.68. The van der Waals surface area contributed by atoms with Crippen LogP contribution in [0.5, 0.6) is 0 Å². The van der Waals surface area contributed by atoms with Crippen molar-refractivity contribution in [2.24, 2.45) is 0 Å². The molecule has 8 heteroatoms.